The molecule has 4 aliphatic rings. The highest BCUT2D eigenvalue weighted by molar-refractivity contribution is 5.97. The molecule has 3 aromatic rings. The van der Waals surface area contributed by atoms with E-state index in [-0.39, 0.29) is 65.4 Å². The molecule has 11 nitrogen and oxygen atoms in total. The van der Waals surface area contributed by atoms with E-state index in [1.54, 1.807) is 19.0 Å². The van der Waals surface area contributed by atoms with Crippen LogP contribution in [0.4, 0.5) is 33.5 Å². The summed E-state index contributed by atoms with van der Waals surface area (Å²) in [5.74, 6) is -2.12. The SMILES string of the molecule is CC[C@@H]1CN2c3nc(OC[C@@H]4CC[C@@H]5C[C@H](C(=O)N(C)C)CCN54)nc4c(F)c(-c5cc(N)c(F)c(C)c5C(F)(F)F)nc(c34)O[C@@H](C)[C@@H]2CN1. The second-order valence-corrected chi connectivity index (χ2v) is 14.4. The van der Waals surface area contributed by atoms with Gasteiger partial charge in [-0.25, -0.2) is 13.8 Å². The average molecular weight is 719 g/mol. The van der Waals surface area contributed by atoms with E-state index in [1.165, 1.54) is 0 Å². The van der Waals surface area contributed by atoms with Gasteiger partial charge in [0.05, 0.1) is 17.3 Å². The quantitative estimate of drug-likeness (QED) is 0.268. The van der Waals surface area contributed by atoms with Gasteiger partial charge in [0, 0.05) is 56.8 Å². The minimum Gasteiger partial charge on any atom is -0.472 e. The van der Waals surface area contributed by atoms with Crippen molar-refractivity contribution < 1.29 is 36.2 Å². The molecule has 276 valence electrons. The van der Waals surface area contributed by atoms with E-state index in [4.69, 9.17) is 20.2 Å². The summed E-state index contributed by atoms with van der Waals surface area (Å²) in [5.41, 5.74) is 1.28. The van der Waals surface area contributed by atoms with E-state index in [9.17, 15) is 22.4 Å². The first-order valence-electron chi connectivity index (χ1n) is 17.5. The van der Waals surface area contributed by atoms with E-state index in [1.807, 2.05) is 18.7 Å². The maximum absolute atomic E-state index is 16.9. The number of halogens is 5. The number of anilines is 2. The highest BCUT2D eigenvalue weighted by Gasteiger charge is 2.43. The van der Waals surface area contributed by atoms with Crippen LogP contribution in [0.15, 0.2) is 6.07 Å². The van der Waals surface area contributed by atoms with E-state index < -0.39 is 52.0 Å². The fourth-order valence-corrected chi connectivity index (χ4v) is 8.36. The number of hydrogen-bond donors (Lipinski definition) is 2. The van der Waals surface area contributed by atoms with Crippen LogP contribution in [0.25, 0.3) is 22.2 Å². The van der Waals surface area contributed by atoms with Gasteiger partial charge in [0.2, 0.25) is 11.8 Å². The number of benzene rings is 1. The monoisotopic (exact) mass is 718 g/mol. The minimum absolute atomic E-state index is 0.0107. The molecule has 3 saturated heterocycles. The number of piperidine rings is 1. The molecule has 6 heterocycles. The number of carbonyl (C=O) groups is 1. The summed E-state index contributed by atoms with van der Waals surface area (Å²) >= 11 is 0. The fourth-order valence-electron chi connectivity index (χ4n) is 8.36. The third kappa shape index (κ3) is 6.17. The van der Waals surface area contributed by atoms with Crippen LogP contribution in [-0.2, 0) is 11.0 Å². The lowest BCUT2D eigenvalue weighted by atomic mass is 9.90. The Morgan fingerprint density at radius 3 is 2.63 bits per heavy atom. The number of nitrogens with zero attached hydrogens (tertiary/aromatic N) is 6. The molecule has 0 spiro atoms. The zero-order valence-corrected chi connectivity index (χ0v) is 29.3. The van der Waals surface area contributed by atoms with E-state index in [0.29, 0.717) is 18.9 Å². The van der Waals surface area contributed by atoms with E-state index >= 15 is 4.39 Å². The number of ether oxygens (including phenoxy) is 2. The zero-order valence-electron chi connectivity index (χ0n) is 29.3. The summed E-state index contributed by atoms with van der Waals surface area (Å²) in [6, 6.07) is 0.662. The van der Waals surface area contributed by atoms with Crippen molar-refractivity contribution in [2.24, 2.45) is 5.92 Å². The number of rotatable bonds is 6. The van der Waals surface area contributed by atoms with Gasteiger partial charge in [-0.1, -0.05) is 6.92 Å². The lowest BCUT2D eigenvalue weighted by Crippen LogP contribution is -2.60. The third-order valence-corrected chi connectivity index (χ3v) is 11.1. The largest absolute Gasteiger partial charge is 0.472 e. The topological polar surface area (TPSA) is 122 Å². The van der Waals surface area contributed by atoms with Crippen LogP contribution in [0.1, 0.15) is 57.1 Å². The zero-order chi connectivity index (χ0) is 36.5. The van der Waals surface area contributed by atoms with Gasteiger partial charge in [-0.2, -0.15) is 23.1 Å². The van der Waals surface area contributed by atoms with Crippen LogP contribution in [-0.4, -0.2) is 101 Å². The molecule has 0 unspecified atom stereocenters. The number of nitrogen functional groups attached to an aromatic ring is 1. The van der Waals surface area contributed by atoms with Crippen LogP contribution >= 0.6 is 0 Å². The number of pyridine rings is 1. The van der Waals surface area contributed by atoms with Gasteiger partial charge < -0.3 is 30.3 Å². The summed E-state index contributed by atoms with van der Waals surface area (Å²) in [6.07, 6.45) is -1.56. The second-order valence-electron chi connectivity index (χ2n) is 14.4. The third-order valence-electron chi connectivity index (χ3n) is 11.1. The van der Waals surface area contributed by atoms with Crippen molar-refractivity contribution in [1.82, 2.24) is 30.1 Å². The van der Waals surface area contributed by atoms with Crippen LogP contribution in [0, 0.1) is 24.5 Å². The normalized spacial score (nSPS) is 26.4. The Hall–Kier alpha value is -4.05. The highest BCUT2D eigenvalue weighted by Crippen LogP contribution is 2.46. The molecule has 2 aromatic heterocycles. The van der Waals surface area contributed by atoms with Crippen LogP contribution in [0.3, 0.4) is 0 Å². The van der Waals surface area contributed by atoms with Crippen LogP contribution in [0.2, 0.25) is 0 Å². The number of amides is 1. The Bertz CT molecular complexity index is 1860. The Labute approximate surface area is 292 Å². The lowest BCUT2D eigenvalue weighted by molar-refractivity contribution is -0.137. The number of piperazine rings is 1. The number of fused-ring (bicyclic) bond motifs is 3. The minimum atomic E-state index is -5.06. The number of hydrogen-bond acceptors (Lipinski definition) is 10. The predicted molar refractivity (Wildman–Crippen MR) is 181 cm³/mol. The van der Waals surface area contributed by atoms with E-state index in [0.717, 1.165) is 51.6 Å². The number of nitrogens with one attached hydrogen (secondary N) is 1. The van der Waals surface area contributed by atoms with Crippen molar-refractivity contribution in [3.05, 3.63) is 28.8 Å². The smallest absolute Gasteiger partial charge is 0.417 e. The lowest BCUT2D eigenvalue weighted by Gasteiger charge is -2.42. The molecular weight excluding hydrogens is 675 g/mol. The molecule has 7 rings (SSSR count). The summed E-state index contributed by atoms with van der Waals surface area (Å²) in [6.45, 7) is 6.74. The average Bonchev–Trinajstić information content (AvgIpc) is 3.46. The van der Waals surface area contributed by atoms with E-state index in [2.05, 4.69) is 20.2 Å². The first-order chi connectivity index (χ1) is 24.2. The van der Waals surface area contributed by atoms with Gasteiger partial charge in [0.1, 0.15) is 40.9 Å². The summed E-state index contributed by atoms with van der Waals surface area (Å²) in [5, 5.41) is 3.61. The van der Waals surface area contributed by atoms with Crippen LogP contribution in [0.5, 0.6) is 11.9 Å². The Morgan fingerprint density at radius 2 is 1.92 bits per heavy atom. The molecule has 3 N–H and O–H groups in total. The summed E-state index contributed by atoms with van der Waals surface area (Å²) < 4.78 is 87.5. The molecule has 0 aliphatic carbocycles. The first-order valence-corrected chi connectivity index (χ1v) is 17.5. The molecular formula is C35H43F5N8O3. The molecule has 3 fully saturated rings. The molecule has 4 aliphatic heterocycles. The number of aromatic nitrogens is 3. The molecule has 0 bridgehead atoms. The molecule has 16 heteroatoms. The number of carbonyl (C=O) groups excluding carboxylic acids is 1. The van der Waals surface area contributed by atoms with Crippen LogP contribution < -0.4 is 25.4 Å². The van der Waals surface area contributed by atoms with Crippen molar-refractivity contribution in [1.29, 1.82) is 0 Å². The van der Waals surface area contributed by atoms with Crippen molar-refractivity contribution in [3.8, 4) is 23.1 Å². The Kier molecular flexibility index (Phi) is 9.13. The van der Waals surface area contributed by atoms with Gasteiger partial charge in [0.25, 0.3) is 0 Å². The van der Waals surface area contributed by atoms with Crippen molar-refractivity contribution >= 4 is 28.3 Å². The maximum atomic E-state index is 16.9. The van der Waals surface area contributed by atoms with Gasteiger partial charge in [-0.05, 0) is 64.1 Å². The van der Waals surface area contributed by atoms with Gasteiger partial charge in [0.15, 0.2) is 5.82 Å². The summed E-state index contributed by atoms with van der Waals surface area (Å²) in [4.78, 5) is 32.2. The van der Waals surface area contributed by atoms with Crippen molar-refractivity contribution in [2.45, 2.75) is 89.3 Å². The maximum Gasteiger partial charge on any atom is 0.417 e. The molecule has 1 amide bonds. The van der Waals surface area contributed by atoms with Crippen molar-refractivity contribution in [2.75, 3.05) is 51.0 Å². The van der Waals surface area contributed by atoms with Gasteiger partial charge in [-0.15, -0.1) is 0 Å². The first kappa shape index (κ1) is 35.4. The second kappa shape index (κ2) is 13.2. The molecule has 0 radical (unpaired) electrons. The number of nitrogens with two attached hydrogens (primary N) is 1. The predicted octanol–water partition coefficient (Wildman–Crippen LogP) is 4.93. The van der Waals surface area contributed by atoms with Crippen molar-refractivity contribution in [3.63, 3.8) is 0 Å². The Morgan fingerprint density at radius 1 is 1.16 bits per heavy atom. The number of alkyl halides is 3. The van der Waals surface area contributed by atoms with Gasteiger partial charge in [-0.3, -0.25) is 9.69 Å². The highest BCUT2D eigenvalue weighted by atomic mass is 19.4. The summed E-state index contributed by atoms with van der Waals surface area (Å²) in [7, 11) is 3.54. The molecule has 51 heavy (non-hydrogen) atoms. The molecule has 0 saturated carbocycles. The standard InChI is InChI=1S/C35H43F5N8O3/c1-6-19-14-48-24(13-42-19)17(3)51-32-25-30(28(37)29(43-32)22-12-23(41)27(36)16(2)26(22)35(38,39)40)44-34(45-31(25)48)50-15-21-8-7-20-11-18(9-10-47(20)21)33(49)46(4)5/h12,17-21,24,42H,6-11,13-15,41H2,1-5H3/t17-,18+,19+,20+,21-,24-/m0/s1. The fraction of sp³-hybridized carbons (Fsp3) is 0.600. The Balaban J connectivity index is 1.31. The molecule has 6 atom stereocenters. The van der Waals surface area contributed by atoms with Gasteiger partial charge >= 0.3 is 12.2 Å². The molecule has 1 aromatic carbocycles.